The van der Waals surface area contributed by atoms with E-state index in [1.54, 1.807) is 0 Å². The highest BCUT2D eigenvalue weighted by molar-refractivity contribution is 5.76. The van der Waals surface area contributed by atoms with Crippen LogP contribution in [0.3, 0.4) is 0 Å². The van der Waals surface area contributed by atoms with Gasteiger partial charge in [-0.2, -0.15) is 0 Å². The van der Waals surface area contributed by atoms with E-state index in [0.717, 1.165) is 44.9 Å². The summed E-state index contributed by atoms with van der Waals surface area (Å²) in [6, 6.07) is -0.536. The van der Waals surface area contributed by atoms with E-state index in [1.165, 1.54) is 334 Å². The molecule has 1 amide bonds. The highest BCUT2D eigenvalue weighted by atomic mass is 16.5. The molecule has 3 N–H and O–H groups in total. The molecule has 0 heterocycles. The van der Waals surface area contributed by atoms with E-state index in [1.807, 2.05) is 0 Å². The number of hydrogen-bond donors (Lipinski definition) is 3. The first-order valence-corrected chi connectivity index (χ1v) is 35.9. The molecule has 0 aromatic heterocycles. The van der Waals surface area contributed by atoms with Crippen molar-refractivity contribution in [3.8, 4) is 0 Å². The van der Waals surface area contributed by atoms with Gasteiger partial charge in [0.25, 0.3) is 0 Å². The molecule has 0 radical (unpaired) electrons. The van der Waals surface area contributed by atoms with Crippen LogP contribution >= 0.6 is 0 Å². The number of unbranched alkanes of at least 4 members (excludes halogenated alkanes) is 55. The fraction of sp³-hybridized carbons (Fsp3) is 0.944. The Labute approximate surface area is 489 Å². The normalized spacial score (nSPS) is 12.5. The van der Waals surface area contributed by atoms with Crippen LogP contribution in [0.1, 0.15) is 412 Å². The highest BCUT2D eigenvalue weighted by Crippen LogP contribution is 2.19. The monoisotopic (exact) mass is 1100 g/mol. The molecule has 0 aliphatic heterocycles. The molecule has 6 nitrogen and oxygen atoms in total. The number of amides is 1. The smallest absolute Gasteiger partial charge is 0.305 e. The number of aliphatic hydroxyl groups excluding tert-OH is 2. The summed E-state index contributed by atoms with van der Waals surface area (Å²) in [6.07, 6.45) is 84.2. The molecule has 2 unspecified atom stereocenters. The van der Waals surface area contributed by atoms with E-state index in [4.69, 9.17) is 4.74 Å². The zero-order valence-electron chi connectivity index (χ0n) is 53.2. The van der Waals surface area contributed by atoms with E-state index >= 15 is 0 Å². The number of aliphatic hydroxyl groups is 2. The molecule has 0 aliphatic rings. The van der Waals surface area contributed by atoms with Crippen molar-refractivity contribution < 1.29 is 24.5 Å². The zero-order valence-corrected chi connectivity index (χ0v) is 53.2. The predicted molar refractivity (Wildman–Crippen MR) is 343 cm³/mol. The third kappa shape index (κ3) is 63.8. The van der Waals surface area contributed by atoms with Gasteiger partial charge >= 0.3 is 5.97 Å². The summed E-state index contributed by atoms with van der Waals surface area (Å²) in [5.41, 5.74) is 0. The topological polar surface area (TPSA) is 95.9 Å². The van der Waals surface area contributed by atoms with Gasteiger partial charge in [-0.3, -0.25) is 9.59 Å². The quantitative estimate of drug-likeness (QED) is 0.0320. The fourth-order valence-electron chi connectivity index (χ4n) is 11.6. The largest absolute Gasteiger partial charge is 0.466 e. The van der Waals surface area contributed by atoms with Crippen LogP contribution in [0, 0.1) is 0 Å². The number of allylic oxidation sites excluding steroid dienone is 2. The minimum absolute atomic E-state index is 0.0139. The lowest BCUT2D eigenvalue weighted by Crippen LogP contribution is -2.45. The summed E-state index contributed by atoms with van der Waals surface area (Å²) < 4.78 is 5.49. The van der Waals surface area contributed by atoms with Gasteiger partial charge in [0.2, 0.25) is 5.91 Å². The summed E-state index contributed by atoms with van der Waals surface area (Å²) in [6.45, 7) is 4.98. The maximum atomic E-state index is 12.5. The van der Waals surface area contributed by atoms with Gasteiger partial charge in [-0.05, 0) is 51.4 Å². The molecule has 78 heavy (non-hydrogen) atoms. The SMILES string of the molecule is CCCCCCC/C=C\CCCCCCCC(=O)OCCCCCCCCCCCCCCCCCCCCCCCCCCCCCCCCCCCC(=O)NC(CO)C(O)CCCCCCCCCCCCCCCC. The highest BCUT2D eigenvalue weighted by Gasteiger charge is 2.20. The average Bonchev–Trinajstić information content (AvgIpc) is 3.44. The molecule has 0 aromatic rings. The van der Waals surface area contributed by atoms with Crippen LogP contribution in [-0.2, 0) is 14.3 Å². The van der Waals surface area contributed by atoms with E-state index in [0.29, 0.717) is 25.9 Å². The molecule has 0 fully saturated rings. The molecule has 0 saturated heterocycles. The second kappa shape index (κ2) is 68.1. The van der Waals surface area contributed by atoms with Gasteiger partial charge in [0, 0.05) is 12.8 Å². The Morgan fingerprint density at radius 1 is 0.346 bits per heavy atom. The Morgan fingerprint density at radius 3 is 0.910 bits per heavy atom. The van der Waals surface area contributed by atoms with Crippen molar-refractivity contribution in [2.24, 2.45) is 0 Å². The van der Waals surface area contributed by atoms with Crippen molar-refractivity contribution in [2.75, 3.05) is 13.2 Å². The van der Waals surface area contributed by atoms with Crippen molar-refractivity contribution in [1.29, 1.82) is 0 Å². The van der Waals surface area contributed by atoms with Crippen LogP contribution < -0.4 is 5.32 Å². The lowest BCUT2D eigenvalue weighted by molar-refractivity contribution is -0.143. The van der Waals surface area contributed by atoms with Gasteiger partial charge in [0.05, 0.1) is 25.4 Å². The Hall–Kier alpha value is -1.40. The molecule has 0 spiro atoms. The third-order valence-electron chi connectivity index (χ3n) is 17.1. The van der Waals surface area contributed by atoms with Crippen LogP contribution in [0.5, 0.6) is 0 Å². The maximum absolute atomic E-state index is 12.5. The number of ether oxygens (including phenoxy) is 1. The molecule has 0 rings (SSSR count). The minimum atomic E-state index is -0.659. The van der Waals surface area contributed by atoms with Crippen molar-refractivity contribution >= 4 is 11.9 Å². The van der Waals surface area contributed by atoms with Gasteiger partial charge in [0.15, 0.2) is 0 Å². The summed E-state index contributed by atoms with van der Waals surface area (Å²) in [5.74, 6) is -0.0132. The Morgan fingerprint density at radius 2 is 0.603 bits per heavy atom. The van der Waals surface area contributed by atoms with Gasteiger partial charge in [-0.15, -0.1) is 0 Å². The molecule has 6 heteroatoms. The Bertz CT molecular complexity index is 1180. The molecular weight excluding hydrogens is 959 g/mol. The van der Waals surface area contributed by atoms with Crippen LogP contribution in [0.15, 0.2) is 12.2 Å². The number of carbonyl (C=O) groups is 2. The van der Waals surface area contributed by atoms with Crippen molar-refractivity contribution in [3.05, 3.63) is 12.2 Å². The second-order valence-corrected chi connectivity index (χ2v) is 24.9. The lowest BCUT2D eigenvalue weighted by atomic mass is 10.0. The minimum Gasteiger partial charge on any atom is -0.466 e. The first-order valence-electron chi connectivity index (χ1n) is 35.9. The lowest BCUT2D eigenvalue weighted by Gasteiger charge is -2.22. The summed E-state index contributed by atoms with van der Waals surface area (Å²) >= 11 is 0. The van der Waals surface area contributed by atoms with Crippen molar-refractivity contribution in [2.45, 2.75) is 424 Å². The Balaban J connectivity index is 3.30. The summed E-state index contributed by atoms with van der Waals surface area (Å²) in [7, 11) is 0. The van der Waals surface area contributed by atoms with E-state index < -0.39 is 12.1 Å². The van der Waals surface area contributed by atoms with Crippen LogP contribution in [0.2, 0.25) is 0 Å². The zero-order chi connectivity index (χ0) is 56.4. The Kier molecular flexibility index (Phi) is 66.9. The van der Waals surface area contributed by atoms with Gasteiger partial charge < -0.3 is 20.3 Å². The second-order valence-electron chi connectivity index (χ2n) is 24.9. The predicted octanol–water partition coefficient (Wildman–Crippen LogP) is 23.1. The summed E-state index contributed by atoms with van der Waals surface area (Å²) in [4.78, 5) is 24.6. The van der Waals surface area contributed by atoms with E-state index in [9.17, 15) is 19.8 Å². The van der Waals surface area contributed by atoms with E-state index in [2.05, 4.69) is 31.3 Å². The molecule has 2 atom stereocenters. The molecule has 0 aliphatic carbocycles. The number of rotatable bonds is 68. The fourth-order valence-corrected chi connectivity index (χ4v) is 11.6. The number of esters is 1. The number of nitrogens with one attached hydrogen (secondary N) is 1. The van der Waals surface area contributed by atoms with Crippen LogP contribution in [-0.4, -0.2) is 47.4 Å². The van der Waals surface area contributed by atoms with Gasteiger partial charge in [-0.1, -0.05) is 360 Å². The van der Waals surface area contributed by atoms with Gasteiger partial charge in [-0.25, -0.2) is 0 Å². The molecule has 0 bridgehead atoms. The molecule has 0 aromatic carbocycles. The molecule has 464 valence electrons. The molecular formula is C72H141NO5. The average molecular weight is 1100 g/mol. The van der Waals surface area contributed by atoms with Crippen LogP contribution in [0.25, 0.3) is 0 Å². The van der Waals surface area contributed by atoms with Crippen molar-refractivity contribution in [3.63, 3.8) is 0 Å². The standard InChI is InChI=1S/C72H141NO5/c1-3-5-7-9-11-13-15-17-40-44-48-52-56-60-64-70(75)69(68-74)73-71(76)65-61-57-53-49-45-41-38-36-34-32-30-28-26-24-22-20-19-21-23-25-27-29-31-33-35-37-39-43-47-51-55-59-63-67-78-72(77)66-62-58-54-50-46-42-18-16-14-12-10-8-6-4-2/h16,18,69-70,74-75H,3-15,17,19-68H2,1-2H3,(H,73,76)/b18-16-. The van der Waals surface area contributed by atoms with Crippen LogP contribution in [0.4, 0.5) is 0 Å². The molecule has 0 saturated carbocycles. The first-order chi connectivity index (χ1) is 38.5. The van der Waals surface area contributed by atoms with E-state index in [-0.39, 0.29) is 18.5 Å². The number of carbonyl (C=O) groups excluding carboxylic acids is 2. The van der Waals surface area contributed by atoms with Gasteiger partial charge in [0.1, 0.15) is 0 Å². The first kappa shape index (κ1) is 76.6. The summed E-state index contributed by atoms with van der Waals surface area (Å²) in [5, 5.41) is 23.3. The maximum Gasteiger partial charge on any atom is 0.305 e. The van der Waals surface area contributed by atoms with Crippen molar-refractivity contribution in [1.82, 2.24) is 5.32 Å². The number of hydrogen-bond acceptors (Lipinski definition) is 5. The third-order valence-corrected chi connectivity index (χ3v) is 17.1.